The highest BCUT2D eigenvalue weighted by Crippen LogP contribution is 2.43. The lowest BCUT2D eigenvalue weighted by atomic mass is 9.77. The van der Waals surface area contributed by atoms with Crippen molar-refractivity contribution in [3.63, 3.8) is 0 Å². The molecule has 9 rings (SSSR count). The van der Waals surface area contributed by atoms with Gasteiger partial charge in [-0.25, -0.2) is 9.97 Å². The Kier molecular flexibility index (Phi) is 4.94. The van der Waals surface area contributed by atoms with Gasteiger partial charge >= 0.3 is 0 Å². The number of pyridine rings is 2. The van der Waals surface area contributed by atoms with Crippen molar-refractivity contribution >= 4 is 65.5 Å². The fourth-order valence-electron chi connectivity index (χ4n) is 7.17. The Balaban J connectivity index is 1.24. The van der Waals surface area contributed by atoms with Gasteiger partial charge in [0.1, 0.15) is 11.2 Å². The second kappa shape index (κ2) is 8.86. The van der Waals surface area contributed by atoms with Gasteiger partial charge in [-0.1, -0.05) is 110 Å². The molecule has 42 heavy (non-hydrogen) atoms. The molecule has 3 heterocycles. The van der Waals surface area contributed by atoms with Gasteiger partial charge in [0.2, 0.25) is 0 Å². The van der Waals surface area contributed by atoms with Crippen LogP contribution in [0.3, 0.4) is 0 Å². The van der Waals surface area contributed by atoms with Crippen LogP contribution in [0, 0.1) is 5.92 Å². The maximum atomic E-state index is 5.29. The molecule has 3 aromatic heterocycles. The number of aromatic nitrogens is 3. The van der Waals surface area contributed by atoms with Crippen LogP contribution in [0.1, 0.15) is 24.1 Å². The molecule has 0 aliphatic heterocycles. The van der Waals surface area contributed by atoms with Crippen LogP contribution in [-0.2, 0) is 0 Å². The van der Waals surface area contributed by atoms with Gasteiger partial charge in [0.25, 0.3) is 0 Å². The molecule has 5 aromatic carbocycles. The maximum absolute atomic E-state index is 5.29. The zero-order chi connectivity index (χ0) is 27.8. The first-order valence-corrected chi connectivity index (χ1v) is 14.6. The summed E-state index contributed by atoms with van der Waals surface area (Å²) in [6.07, 6.45) is 8.93. The molecule has 3 nitrogen and oxygen atoms in total. The largest absolute Gasteiger partial charge is 0.298 e. The molecule has 2 atom stereocenters. The summed E-state index contributed by atoms with van der Waals surface area (Å²) in [5, 5.41) is 8.93. The standard InChI is InChI=1S/C39H27N3/c1-24-26(25-20-21-32-30-13-3-2-11-28(30)29-12-4-5-14-31(29)34(32)23-25)16-10-17-27(24)37-39-38(33-15-6-7-18-35(33)40-37)41-36-19-8-9-22-42(36)39/h2-24,26H,1H3/t24?,26-/m0/s1. The Labute approximate surface area is 243 Å². The SMILES string of the molecule is CC1C(c2nc3ccccc3c3nc4ccccn4c23)=CC=C[C@@H]1c1ccc2c3ccccc3c3ccccc3c2c1. The van der Waals surface area contributed by atoms with Crippen LogP contribution < -0.4 is 0 Å². The molecule has 8 aromatic rings. The number of fused-ring (bicyclic) bond motifs is 11. The van der Waals surface area contributed by atoms with E-state index in [0.29, 0.717) is 0 Å². The van der Waals surface area contributed by atoms with Crippen LogP contribution in [-0.4, -0.2) is 14.4 Å². The number of hydrogen-bond donors (Lipinski definition) is 0. The van der Waals surface area contributed by atoms with E-state index in [1.165, 1.54) is 43.5 Å². The van der Waals surface area contributed by atoms with Crippen LogP contribution in [0.4, 0.5) is 0 Å². The Hall–Kier alpha value is -5.28. The molecule has 0 spiro atoms. The van der Waals surface area contributed by atoms with Gasteiger partial charge in [-0.15, -0.1) is 0 Å². The highest BCUT2D eigenvalue weighted by atomic mass is 15.0. The van der Waals surface area contributed by atoms with Crippen LogP contribution in [0.15, 0.2) is 134 Å². The molecule has 1 unspecified atom stereocenters. The van der Waals surface area contributed by atoms with Crippen molar-refractivity contribution in [1.29, 1.82) is 0 Å². The molecule has 0 saturated heterocycles. The minimum absolute atomic E-state index is 0.224. The summed E-state index contributed by atoms with van der Waals surface area (Å²) in [6, 6.07) is 39.2. The number of allylic oxidation sites excluding steroid dienone is 4. The maximum Gasteiger partial charge on any atom is 0.137 e. The predicted molar refractivity (Wildman–Crippen MR) is 176 cm³/mol. The van der Waals surface area contributed by atoms with Gasteiger partial charge in [-0.05, 0) is 73.6 Å². The molecule has 0 N–H and O–H groups in total. The highest BCUT2D eigenvalue weighted by molar-refractivity contribution is 6.25. The van der Waals surface area contributed by atoms with Crippen molar-refractivity contribution in [2.75, 3.05) is 0 Å². The van der Waals surface area contributed by atoms with Gasteiger partial charge in [-0.2, -0.15) is 0 Å². The van der Waals surface area contributed by atoms with Crippen molar-refractivity contribution in [3.8, 4) is 0 Å². The van der Waals surface area contributed by atoms with Gasteiger partial charge in [0.15, 0.2) is 0 Å². The summed E-state index contributed by atoms with van der Waals surface area (Å²) in [5.41, 5.74) is 7.59. The van der Waals surface area contributed by atoms with Crippen LogP contribution in [0.2, 0.25) is 0 Å². The monoisotopic (exact) mass is 537 g/mol. The van der Waals surface area contributed by atoms with Crippen molar-refractivity contribution in [3.05, 3.63) is 145 Å². The Morgan fingerprint density at radius 1 is 0.619 bits per heavy atom. The zero-order valence-electron chi connectivity index (χ0n) is 23.2. The number of imidazole rings is 1. The average molecular weight is 538 g/mol. The average Bonchev–Trinajstić information content (AvgIpc) is 3.45. The molecule has 1 aliphatic carbocycles. The van der Waals surface area contributed by atoms with Crippen molar-refractivity contribution in [2.45, 2.75) is 12.8 Å². The van der Waals surface area contributed by atoms with Gasteiger partial charge in [0, 0.05) is 17.5 Å². The molecule has 198 valence electrons. The van der Waals surface area contributed by atoms with Crippen LogP contribution >= 0.6 is 0 Å². The molecule has 0 radical (unpaired) electrons. The van der Waals surface area contributed by atoms with Gasteiger partial charge in [0.05, 0.1) is 16.7 Å². The smallest absolute Gasteiger partial charge is 0.137 e. The van der Waals surface area contributed by atoms with E-state index >= 15 is 0 Å². The summed E-state index contributed by atoms with van der Waals surface area (Å²) in [5.74, 6) is 0.451. The van der Waals surface area contributed by atoms with Crippen LogP contribution in [0.5, 0.6) is 0 Å². The summed E-state index contributed by atoms with van der Waals surface area (Å²) in [6.45, 7) is 2.34. The van der Waals surface area contributed by atoms with Crippen molar-refractivity contribution < 1.29 is 0 Å². The van der Waals surface area contributed by atoms with E-state index in [-0.39, 0.29) is 11.8 Å². The Morgan fingerprint density at radius 3 is 2.02 bits per heavy atom. The van der Waals surface area contributed by atoms with Gasteiger partial charge in [-0.3, -0.25) is 4.40 Å². The molecule has 0 bridgehead atoms. The molecule has 1 aliphatic rings. The first-order chi connectivity index (χ1) is 20.8. The molecular formula is C39H27N3. The third-order valence-electron chi connectivity index (χ3n) is 9.20. The van der Waals surface area contributed by atoms with Crippen LogP contribution in [0.25, 0.3) is 65.5 Å². The number of nitrogens with zero attached hydrogens (tertiary/aromatic N) is 3. The first-order valence-electron chi connectivity index (χ1n) is 14.6. The van der Waals surface area contributed by atoms with Gasteiger partial charge < -0.3 is 0 Å². The normalized spacial score (nSPS) is 17.2. The van der Waals surface area contributed by atoms with E-state index in [9.17, 15) is 0 Å². The predicted octanol–water partition coefficient (Wildman–Crippen LogP) is 9.87. The minimum atomic E-state index is 0.224. The summed E-state index contributed by atoms with van der Waals surface area (Å²) < 4.78 is 2.19. The van der Waals surface area contributed by atoms with E-state index in [0.717, 1.165) is 33.3 Å². The number of benzene rings is 5. The summed E-state index contributed by atoms with van der Waals surface area (Å²) >= 11 is 0. The lowest BCUT2D eigenvalue weighted by Gasteiger charge is -2.28. The first kappa shape index (κ1) is 23.4. The Morgan fingerprint density at radius 2 is 1.26 bits per heavy atom. The molecule has 0 fully saturated rings. The highest BCUT2D eigenvalue weighted by Gasteiger charge is 2.28. The van der Waals surface area contributed by atoms with E-state index in [1.54, 1.807) is 0 Å². The van der Waals surface area contributed by atoms with E-state index < -0.39 is 0 Å². The second-order valence-corrected chi connectivity index (χ2v) is 11.4. The zero-order valence-corrected chi connectivity index (χ0v) is 23.2. The number of hydrogen-bond acceptors (Lipinski definition) is 2. The third-order valence-corrected chi connectivity index (χ3v) is 9.20. The minimum Gasteiger partial charge on any atom is -0.298 e. The number of para-hydroxylation sites is 1. The van der Waals surface area contributed by atoms with Crippen molar-refractivity contribution in [1.82, 2.24) is 14.4 Å². The fraction of sp³-hybridized carbons (Fsp3) is 0.0769. The molecule has 0 amide bonds. The number of rotatable bonds is 2. The lowest BCUT2D eigenvalue weighted by molar-refractivity contribution is 0.652. The van der Waals surface area contributed by atoms with E-state index in [2.05, 4.69) is 139 Å². The van der Waals surface area contributed by atoms with Crippen molar-refractivity contribution in [2.24, 2.45) is 5.92 Å². The quantitative estimate of drug-likeness (QED) is 0.205. The summed E-state index contributed by atoms with van der Waals surface area (Å²) in [4.78, 5) is 10.4. The summed E-state index contributed by atoms with van der Waals surface area (Å²) in [7, 11) is 0. The molecule has 0 saturated carbocycles. The molecular weight excluding hydrogens is 510 g/mol. The van der Waals surface area contributed by atoms with E-state index in [4.69, 9.17) is 9.97 Å². The fourth-order valence-corrected chi connectivity index (χ4v) is 7.17. The molecule has 3 heteroatoms. The topological polar surface area (TPSA) is 30.2 Å². The third kappa shape index (κ3) is 3.28. The Bertz CT molecular complexity index is 2410. The second-order valence-electron chi connectivity index (χ2n) is 11.4. The lowest BCUT2D eigenvalue weighted by Crippen LogP contribution is -2.14. The van der Waals surface area contributed by atoms with E-state index in [1.807, 2.05) is 6.07 Å².